The second kappa shape index (κ2) is 8.17. The van der Waals surface area contributed by atoms with E-state index in [-0.39, 0.29) is 6.04 Å². The van der Waals surface area contributed by atoms with Crippen LogP contribution in [0.5, 0.6) is 0 Å². The van der Waals surface area contributed by atoms with Crippen LogP contribution in [-0.4, -0.2) is 26.7 Å². The largest absolute Gasteiger partial charge is 0.305 e. The van der Waals surface area contributed by atoms with E-state index in [4.69, 9.17) is 0 Å². The molecule has 1 aromatic heterocycles. The third-order valence-electron chi connectivity index (χ3n) is 3.02. The quantitative estimate of drug-likeness (QED) is 0.650. The molecule has 0 aliphatic carbocycles. The van der Waals surface area contributed by atoms with Gasteiger partial charge >= 0.3 is 0 Å². The van der Waals surface area contributed by atoms with E-state index in [2.05, 4.69) is 46.7 Å². The Balaban J connectivity index is 2.10. The van der Waals surface area contributed by atoms with E-state index >= 15 is 0 Å². The van der Waals surface area contributed by atoms with Crippen molar-refractivity contribution in [3.05, 3.63) is 5.82 Å². The molecule has 0 amide bonds. The molecule has 98 valence electrons. The molecule has 2 atom stereocenters. The van der Waals surface area contributed by atoms with Crippen LogP contribution in [0.3, 0.4) is 0 Å². The van der Waals surface area contributed by atoms with Gasteiger partial charge in [-0.25, -0.2) is 0 Å². The van der Waals surface area contributed by atoms with Crippen LogP contribution in [0, 0.1) is 0 Å². The van der Waals surface area contributed by atoms with Crippen molar-refractivity contribution in [2.45, 2.75) is 71.4 Å². The first-order valence-electron chi connectivity index (χ1n) is 6.73. The van der Waals surface area contributed by atoms with Crippen LogP contribution in [0.25, 0.3) is 0 Å². The molecule has 5 nitrogen and oxygen atoms in total. The average molecular weight is 239 g/mol. The standard InChI is InChI=1S/C12H25N5/c1-4-5-6-7-8-9-10(2)13-11(3)12-14-16-17-15-12/h10-11,13H,4-9H2,1-3H3,(H,14,15,16,17). The molecule has 0 saturated carbocycles. The van der Waals surface area contributed by atoms with Crippen LogP contribution in [0.2, 0.25) is 0 Å². The number of H-pyrrole nitrogens is 1. The lowest BCUT2D eigenvalue weighted by Gasteiger charge is -2.17. The normalized spacial score (nSPS) is 14.8. The minimum atomic E-state index is 0.166. The second-order valence-electron chi connectivity index (χ2n) is 4.76. The highest BCUT2D eigenvalue weighted by atomic mass is 15.5. The summed E-state index contributed by atoms with van der Waals surface area (Å²) in [5.41, 5.74) is 0. The zero-order chi connectivity index (χ0) is 12.5. The van der Waals surface area contributed by atoms with Gasteiger partial charge in [0.2, 0.25) is 0 Å². The number of tetrazole rings is 1. The van der Waals surface area contributed by atoms with E-state index in [1.54, 1.807) is 0 Å². The fourth-order valence-electron chi connectivity index (χ4n) is 1.99. The molecule has 0 aliphatic heterocycles. The predicted molar refractivity (Wildman–Crippen MR) is 68.6 cm³/mol. The smallest absolute Gasteiger partial charge is 0.191 e. The monoisotopic (exact) mass is 239 g/mol. The maximum Gasteiger partial charge on any atom is 0.191 e. The Morgan fingerprint density at radius 2 is 1.94 bits per heavy atom. The van der Waals surface area contributed by atoms with Crippen molar-refractivity contribution in [1.82, 2.24) is 25.9 Å². The number of nitrogens with zero attached hydrogens (tertiary/aromatic N) is 3. The molecule has 0 aromatic carbocycles. The molecule has 0 fully saturated rings. The molecule has 1 heterocycles. The number of aromatic nitrogens is 4. The summed E-state index contributed by atoms with van der Waals surface area (Å²) in [6.07, 6.45) is 7.89. The Kier molecular flexibility index (Phi) is 6.77. The number of unbranched alkanes of at least 4 members (excludes halogenated alkanes) is 4. The predicted octanol–water partition coefficient (Wildman–Crippen LogP) is 2.60. The van der Waals surface area contributed by atoms with Crippen molar-refractivity contribution < 1.29 is 0 Å². The number of nitrogens with one attached hydrogen (secondary N) is 2. The van der Waals surface area contributed by atoms with Gasteiger partial charge in [0, 0.05) is 6.04 Å². The van der Waals surface area contributed by atoms with Gasteiger partial charge < -0.3 is 5.32 Å². The van der Waals surface area contributed by atoms with E-state index in [1.807, 2.05) is 0 Å². The van der Waals surface area contributed by atoms with E-state index in [0.29, 0.717) is 6.04 Å². The fraction of sp³-hybridized carbons (Fsp3) is 0.917. The molecular weight excluding hydrogens is 214 g/mol. The van der Waals surface area contributed by atoms with Crippen molar-refractivity contribution in [3.8, 4) is 0 Å². The first-order valence-corrected chi connectivity index (χ1v) is 6.73. The summed E-state index contributed by atoms with van der Waals surface area (Å²) in [7, 11) is 0. The second-order valence-corrected chi connectivity index (χ2v) is 4.76. The van der Waals surface area contributed by atoms with Gasteiger partial charge in [-0.15, -0.1) is 10.2 Å². The molecule has 2 N–H and O–H groups in total. The number of rotatable bonds is 9. The zero-order valence-electron chi connectivity index (χ0n) is 11.2. The lowest BCUT2D eigenvalue weighted by Crippen LogP contribution is -2.29. The van der Waals surface area contributed by atoms with E-state index in [1.165, 1.54) is 38.5 Å². The number of hydrogen-bond donors (Lipinski definition) is 2. The van der Waals surface area contributed by atoms with Crippen LogP contribution in [0.1, 0.15) is 71.2 Å². The van der Waals surface area contributed by atoms with Crippen LogP contribution in [-0.2, 0) is 0 Å². The maximum absolute atomic E-state index is 3.98. The van der Waals surface area contributed by atoms with Gasteiger partial charge in [-0.05, 0) is 20.3 Å². The van der Waals surface area contributed by atoms with E-state index in [0.717, 1.165) is 5.82 Å². The van der Waals surface area contributed by atoms with Crippen LogP contribution in [0.15, 0.2) is 0 Å². The van der Waals surface area contributed by atoms with Crippen molar-refractivity contribution >= 4 is 0 Å². The molecule has 17 heavy (non-hydrogen) atoms. The van der Waals surface area contributed by atoms with Crippen LogP contribution >= 0.6 is 0 Å². The molecule has 0 spiro atoms. The highest BCUT2D eigenvalue weighted by Gasteiger charge is 2.12. The van der Waals surface area contributed by atoms with Gasteiger partial charge in [0.1, 0.15) is 0 Å². The van der Waals surface area contributed by atoms with Crippen molar-refractivity contribution in [2.24, 2.45) is 0 Å². The summed E-state index contributed by atoms with van der Waals surface area (Å²) in [5, 5.41) is 17.5. The van der Waals surface area contributed by atoms with Gasteiger partial charge in [0.25, 0.3) is 0 Å². The molecule has 2 unspecified atom stereocenters. The van der Waals surface area contributed by atoms with Gasteiger partial charge in [-0.2, -0.15) is 5.21 Å². The molecule has 1 rings (SSSR count). The van der Waals surface area contributed by atoms with Crippen LogP contribution < -0.4 is 5.32 Å². The minimum absolute atomic E-state index is 0.166. The van der Waals surface area contributed by atoms with Gasteiger partial charge in [-0.1, -0.05) is 44.2 Å². The first-order chi connectivity index (χ1) is 8.24. The van der Waals surface area contributed by atoms with Gasteiger partial charge in [0.15, 0.2) is 5.82 Å². The van der Waals surface area contributed by atoms with E-state index < -0.39 is 0 Å². The zero-order valence-corrected chi connectivity index (χ0v) is 11.2. The van der Waals surface area contributed by atoms with Gasteiger partial charge in [-0.3, -0.25) is 0 Å². The Hall–Kier alpha value is -0.970. The highest BCUT2D eigenvalue weighted by molar-refractivity contribution is 4.86. The Labute approximate surface area is 104 Å². The molecular formula is C12H25N5. The van der Waals surface area contributed by atoms with Crippen molar-refractivity contribution in [2.75, 3.05) is 0 Å². The summed E-state index contributed by atoms with van der Waals surface area (Å²) in [6, 6.07) is 0.671. The average Bonchev–Trinajstić information content (AvgIpc) is 2.82. The molecule has 0 saturated heterocycles. The fourth-order valence-corrected chi connectivity index (χ4v) is 1.99. The molecule has 5 heteroatoms. The number of hydrogen-bond acceptors (Lipinski definition) is 4. The summed E-state index contributed by atoms with van der Waals surface area (Å²) >= 11 is 0. The topological polar surface area (TPSA) is 66.5 Å². The molecule has 1 aromatic rings. The van der Waals surface area contributed by atoms with E-state index in [9.17, 15) is 0 Å². The van der Waals surface area contributed by atoms with Gasteiger partial charge in [0.05, 0.1) is 6.04 Å². The lowest BCUT2D eigenvalue weighted by atomic mass is 10.1. The Morgan fingerprint density at radius 1 is 1.18 bits per heavy atom. The Morgan fingerprint density at radius 3 is 2.59 bits per heavy atom. The molecule has 0 aliphatic rings. The summed E-state index contributed by atoms with van der Waals surface area (Å²) in [4.78, 5) is 0. The first kappa shape index (κ1) is 14.1. The summed E-state index contributed by atoms with van der Waals surface area (Å²) < 4.78 is 0. The maximum atomic E-state index is 3.98. The molecule has 0 bridgehead atoms. The highest BCUT2D eigenvalue weighted by Crippen LogP contribution is 2.10. The third kappa shape index (κ3) is 5.77. The van der Waals surface area contributed by atoms with Crippen LogP contribution in [0.4, 0.5) is 0 Å². The SMILES string of the molecule is CCCCCCCC(C)NC(C)c1nn[nH]n1. The summed E-state index contributed by atoms with van der Waals surface area (Å²) in [6.45, 7) is 6.53. The lowest BCUT2D eigenvalue weighted by molar-refractivity contribution is 0.426. The minimum Gasteiger partial charge on any atom is -0.305 e. The molecule has 0 radical (unpaired) electrons. The number of aromatic amines is 1. The summed E-state index contributed by atoms with van der Waals surface area (Å²) in [5.74, 6) is 0.739. The third-order valence-corrected chi connectivity index (χ3v) is 3.02. The van der Waals surface area contributed by atoms with Crippen molar-refractivity contribution in [1.29, 1.82) is 0 Å². The van der Waals surface area contributed by atoms with Crippen molar-refractivity contribution in [3.63, 3.8) is 0 Å². The Bertz CT molecular complexity index is 272.